The summed E-state index contributed by atoms with van der Waals surface area (Å²) >= 11 is 0. The highest BCUT2D eigenvalue weighted by molar-refractivity contribution is 5.04. The zero-order valence-corrected chi connectivity index (χ0v) is 6.68. The number of hydrogen-bond acceptors (Lipinski definition) is 3. The van der Waals surface area contributed by atoms with E-state index in [4.69, 9.17) is 5.73 Å². The minimum absolute atomic E-state index is 0.591. The minimum Gasteiger partial charge on any atom is -0.384 e. The van der Waals surface area contributed by atoms with E-state index in [0.717, 1.165) is 12.0 Å². The maximum Gasteiger partial charge on any atom is 0.117 e. The molecule has 0 heterocycles. The van der Waals surface area contributed by atoms with Crippen molar-refractivity contribution in [3.63, 3.8) is 0 Å². The van der Waals surface area contributed by atoms with Crippen LogP contribution in [-0.2, 0) is 0 Å². The molecule has 10 heavy (non-hydrogen) atoms. The van der Waals surface area contributed by atoms with Crippen molar-refractivity contribution in [1.82, 2.24) is 5.43 Å². The summed E-state index contributed by atoms with van der Waals surface area (Å²) in [5.41, 5.74) is 9.22. The van der Waals surface area contributed by atoms with Crippen molar-refractivity contribution in [3.05, 3.63) is 11.4 Å². The first-order chi connectivity index (χ1) is 4.72. The van der Waals surface area contributed by atoms with Gasteiger partial charge in [0.1, 0.15) is 5.82 Å². The summed E-state index contributed by atoms with van der Waals surface area (Å²) in [6.45, 7) is 3.99. The zero-order valence-electron chi connectivity index (χ0n) is 6.68. The molecule has 0 spiro atoms. The number of nitrogens with one attached hydrogen (secondary N) is 1. The molecule has 0 aromatic rings. The van der Waals surface area contributed by atoms with Gasteiger partial charge in [-0.15, -0.1) is 0 Å². The summed E-state index contributed by atoms with van der Waals surface area (Å²) < 4.78 is 0. The third-order valence-electron chi connectivity index (χ3n) is 1.26. The molecule has 0 saturated heterocycles. The molecule has 0 fully saturated rings. The first kappa shape index (κ1) is 8.94. The number of nitrogens with zero attached hydrogens (tertiary/aromatic N) is 2. The van der Waals surface area contributed by atoms with Crippen LogP contribution in [0.3, 0.4) is 0 Å². The van der Waals surface area contributed by atoms with Crippen LogP contribution in [0.1, 0.15) is 20.3 Å². The lowest BCUT2D eigenvalue weighted by Gasteiger charge is -2.01. The van der Waals surface area contributed by atoms with Gasteiger partial charge in [-0.1, -0.05) is 12.1 Å². The van der Waals surface area contributed by atoms with Crippen molar-refractivity contribution >= 4 is 0 Å². The molecule has 0 radical (unpaired) electrons. The average Bonchev–Trinajstić information content (AvgIpc) is 1.98. The normalized spacial score (nSPS) is 13.5. The summed E-state index contributed by atoms with van der Waals surface area (Å²) in [6.07, 6.45) is 0.929. The molecule has 4 nitrogen and oxygen atoms in total. The van der Waals surface area contributed by atoms with Crippen molar-refractivity contribution in [2.75, 3.05) is 7.05 Å². The second-order valence-corrected chi connectivity index (χ2v) is 1.96. The van der Waals surface area contributed by atoms with Crippen LogP contribution in [0.4, 0.5) is 0 Å². The molecule has 0 aromatic heterocycles. The first-order valence-electron chi connectivity index (χ1n) is 3.22. The summed E-state index contributed by atoms with van der Waals surface area (Å²) in [6, 6.07) is 0. The van der Waals surface area contributed by atoms with E-state index in [2.05, 4.69) is 15.8 Å². The van der Waals surface area contributed by atoms with Crippen molar-refractivity contribution in [2.24, 2.45) is 16.1 Å². The fraction of sp³-hybridized carbons (Fsp3) is 0.667. The molecule has 0 rings (SSSR count). The smallest absolute Gasteiger partial charge is 0.117 e. The largest absolute Gasteiger partial charge is 0.384 e. The number of rotatable bonds is 3. The average molecular weight is 142 g/mol. The van der Waals surface area contributed by atoms with E-state index in [0.29, 0.717) is 5.82 Å². The predicted molar refractivity (Wildman–Crippen MR) is 41.1 cm³/mol. The maximum atomic E-state index is 5.53. The van der Waals surface area contributed by atoms with Crippen LogP contribution in [0.15, 0.2) is 21.7 Å². The standard InChI is InChI=1S/C6H14N4/c1-4-5(2)6(7)9-10-8-3/h4,7H2,1-3H3,(H,8,9)/b6-5+. The highest BCUT2D eigenvalue weighted by Crippen LogP contribution is 1.98. The Kier molecular flexibility index (Phi) is 4.28. The lowest BCUT2D eigenvalue weighted by Crippen LogP contribution is -2.15. The molecule has 0 aliphatic heterocycles. The van der Waals surface area contributed by atoms with Crippen LogP contribution in [-0.4, -0.2) is 7.05 Å². The summed E-state index contributed by atoms with van der Waals surface area (Å²) in [5, 5.41) is 7.02. The van der Waals surface area contributed by atoms with E-state index in [1.165, 1.54) is 0 Å². The van der Waals surface area contributed by atoms with E-state index in [9.17, 15) is 0 Å². The molecule has 58 valence electrons. The fourth-order valence-electron chi connectivity index (χ4n) is 0.390. The van der Waals surface area contributed by atoms with Crippen LogP contribution in [0, 0.1) is 0 Å². The van der Waals surface area contributed by atoms with Crippen molar-refractivity contribution in [2.45, 2.75) is 20.3 Å². The Labute approximate surface area is 61.2 Å². The van der Waals surface area contributed by atoms with Gasteiger partial charge < -0.3 is 5.73 Å². The third kappa shape index (κ3) is 3.06. The molecule has 4 heteroatoms. The van der Waals surface area contributed by atoms with Gasteiger partial charge in [0.15, 0.2) is 0 Å². The summed E-state index contributed by atoms with van der Waals surface area (Å²) in [5.74, 6) is 0.591. The molecular weight excluding hydrogens is 128 g/mol. The molecule has 0 unspecified atom stereocenters. The molecule has 3 N–H and O–H groups in total. The van der Waals surface area contributed by atoms with E-state index >= 15 is 0 Å². The van der Waals surface area contributed by atoms with Gasteiger partial charge in [0.2, 0.25) is 0 Å². The van der Waals surface area contributed by atoms with Gasteiger partial charge in [0.25, 0.3) is 0 Å². The van der Waals surface area contributed by atoms with E-state index in [1.54, 1.807) is 7.05 Å². The molecule has 0 saturated carbocycles. The van der Waals surface area contributed by atoms with E-state index in [1.807, 2.05) is 13.8 Å². The Morgan fingerprint density at radius 2 is 2.20 bits per heavy atom. The number of allylic oxidation sites excluding steroid dienone is 1. The van der Waals surface area contributed by atoms with E-state index < -0.39 is 0 Å². The number of hydrogen-bond donors (Lipinski definition) is 2. The molecule has 0 bridgehead atoms. The molecule has 0 atom stereocenters. The van der Waals surface area contributed by atoms with E-state index in [-0.39, 0.29) is 0 Å². The Morgan fingerprint density at radius 1 is 1.60 bits per heavy atom. The zero-order chi connectivity index (χ0) is 7.98. The molecular formula is C6H14N4. The van der Waals surface area contributed by atoms with Gasteiger partial charge in [0, 0.05) is 0 Å². The Balaban J connectivity index is 3.91. The Hall–Kier alpha value is -1.06. The van der Waals surface area contributed by atoms with Gasteiger partial charge >= 0.3 is 0 Å². The lowest BCUT2D eigenvalue weighted by molar-refractivity contribution is 0.769. The predicted octanol–water partition coefficient (Wildman–Crippen LogP) is 1.17. The van der Waals surface area contributed by atoms with Gasteiger partial charge in [-0.3, -0.25) is 0 Å². The van der Waals surface area contributed by atoms with Crippen LogP contribution in [0.25, 0.3) is 0 Å². The third-order valence-corrected chi connectivity index (χ3v) is 1.26. The number of nitrogens with two attached hydrogens (primary N) is 1. The first-order valence-corrected chi connectivity index (χ1v) is 3.22. The fourth-order valence-corrected chi connectivity index (χ4v) is 0.390. The van der Waals surface area contributed by atoms with Gasteiger partial charge in [0.05, 0.1) is 7.05 Å². The lowest BCUT2D eigenvalue weighted by atomic mass is 10.2. The van der Waals surface area contributed by atoms with Crippen LogP contribution < -0.4 is 11.2 Å². The van der Waals surface area contributed by atoms with Gasteiger partial charge in [-0.25, -0.2) is 5.43 Å². The summed E-state index contributed by atoms with van der Waals surface area (Å²) in [7, 11) is 1.58. The van der Waals surface area contributed by atoms with Crippen LogP contribution in [0.5, 0.6) is 0 Å². The molecule has 0 aromatic carbocycles. The maximum absolute atomic E-state index is 5.53. The molecule has 0 aliphatic carbocycles. The topological polar surface area (TPSA) is 62.8 Å². The monoisotopic (exact) mass is 142 g/mol. The SMILES string of the molecule is CC/C(C)=C(\N)NN=NC. The minimum atomic E-state index is 0.591. The molecule has 0 aliphatic rings. The second kappa shape index (κ2) is 4.78. The second-order valence-electron chi connectivity index (χ2n) is 1.96. The van der Waals surface area contributed by atoms with Crippen molar-refractivity contribution in [3.8, 4) is 0 Å². The summed E-state index contributed by atoms with van der Waals surface area (Å²) in [4.78, 5) is 0. The van der Waals surface area contributed by atoms with Crippen molar-refractivity contribution in [1.29, 1.82) is 0 Å². The quantitative estimate of drug-likeness (QED) is 0.459. The van der Waals surface area contributed by atoms with Gasteiger partial charge in [-0.2, -0.15) is 5.11 Å². The Morgan fingerprint density at radius 3 is 2.60 bits per heavy atom. The molecule has 0 amide bonds. The van der Waals surface area contributed by atoms with Crippen LogP contribution in [0.2, 0.25) is 0 Å². The van der Waals surface area contributed by atoms with Gasteiger partial charge in [-0.05, 0) is 18.9 Å². The highest BCUT2D eigenvalue weighted by Gasteiger charge is 1.91. The van der Waals surface area contributed by atoms with Crippen molar-refractivity contribution < 1.29 is 0 Å². The van der Waals surface area contributed by atoms with Crippen LogP contribution >= 0.6 is 0 Å². The highest BCUT2D eigenvalue weighted by atomic mass is 15.4. The Bertz CT molecular complexity index is 148.